The number of aromatic nitrogens is 2. The smallest absolute Gasteiger partial charge is 0.412 e. The highest BCUT2D eigenvalue weighted by molar-refractivity contribution is 5.95. The summed E-state index contributed by atoms with van der Waals surface area (Å²) in [6.45, 7) is 8.68. The van der Waals surface area contributed by atoms with E-state index < -0.39 is 17.7 Å². The zero-order valence-electron chi connectivity index (χ0n) is 21.3. The first-order chi connectivity index (χ1) is 17.5. The highest BCUT2D eigenvalue weighted by Gasteiger charge is 2.18. The summed E-state index contributed by atoms with van der Waals surface area (Å²) in [4.78, 5) is 44.5. The molecule has 0 saturated carbocycles. The molecule has 11 nitrogen and oxygen atoms in total. The highest BCUT2D eigenvalue weighted by Crippen LogP contribution is 2.24. The number of nitrogens with one attached hydrogen (secondary N) is 4. The summed E-state index contributed by atoms with van der Waals surface area (Å²) >= 11 is 0. The van der Waals surface area contributed by atoms with Gasteiger partial charge in [-0.25, -0.2) is 14.6 Å². The van der Waals surface area contributed by atoms with E-state index in [1.807, 2.05) is 0 Å². The number of amides is 2. The lowest BCUT2D eigenvalue weighted by Gasteiger charge is -2.19. The maximum Gasteiger partial charge on any atom is 0.412 e. The average Bonchev–Trinajstić information content (AvgIpc) is 2.79. The molecule has 0 aliphatic rings. The Morgan fingerprint density at radius 2 is 1.57 bits per heavy atom. The molecule has 0 saturated heterocycles. The van der Waals surface area contributed by atoms with Crippen molar-refractivity contribution in [3.05, 3.63) is 60.3 Å². The summed E-state index contributed by atoms with van der Waals surface area (Å²) < 4.78 is 10.4. The van der Waals surface area contributed by atoms with E-state index in [1.54, 1.807) is 76.2 Å². The molecule has 2 amide bonds. The third-order valence-electron chi connectivity index (χ3n) is 4.52. The minimum absolute atomic E-state index is 0.148. The van der Waals surface area contributed by atoms with Crippen molar-refractivity contribution in [3.8, 4) is 0 Å². The van der Waals surface area contributed by atoms with Gasteiger partial charge in [0.2, 0.25) is 11.9 Å². The standard InChI is InChI=1S/C26H30N6O5/c1-6-36-23(34)21-15-27-24(30-20-9-7-8-19(14-20)28-16(2)33)32-22(21)29-17-10-12-18(13-11-17)31-25(35)37-26(3,4)5/h7-15H,6H2,1-5H3,(H,28,33)(H,31,35)(H2,27,29,30,32). The van der Waals surface area contributed by atoms with E-state index in [0.717, 1.165) is 0 Å². The van der Waals surface area contributed by atoms with Crippen molar-refractivity contribution in [2.75, 3.05) is 27.9 Å². The molecule has 0 bridgehead atoms. The van der Waals surface area contributed by atoms with Crippen LogP contribution in [-0.4, -0.2) is 40.1 Å². The van der Waals surface area contributed by atoms with E-state index in [9.17, 15) is 14.4 Å². The molecular formula is C26H30N6O5. The van der Waals surface area contributed by atoms with E-state index in [4.69, 9.17) is 9.47 Å². The topological polar surface area (TPSA) is 144 Å². The second-order valence-electron chi connectivity index (χ2n) is 8.89. The third-order valence-corrected chi connectivity index (χ3v) is 4.52. The first kappa shape index (κ1) is 26.9. The highest BCUT2D eigenvalue weighted by atomic mass is 16.6. The molecule has 0 unspecified atom stereocenters. The van der Waals surface area contributed by atoms with Crippen LogP contribution in [0, 0.1) is 0 Å². The third kappa shape index (κ3) is 8.49. The van der Waals surface area contributed by atoms with Gasteiger partial charge < -0.3 is 25.4 Å². The van der Waals surface area contributed by atoms with Crippen molar-refractivity contribution in [2.24, 2.45) is 0 Å². The van der Waals surface area contributed by atoms with Crippen LogP contribution in [-0.2, 0) is 14.3 Å². The second-order valence-corrected chi connectivity index (χ2v) is 8.89. The number of carbonyl (C=O) groups excluding carboxylic acids is 3. The van der Waals surface area contributed by atoms with E-state index in [-0.39, 0.29) is 29.8 Å². The van der Waals surface area contributed by atoms with Gasteiger partial charge in [0.25, 0.3) is 0 Å². The van der Waals surface area contributed by atoms with Gasteiger partial charge >= 0.3 is 12.1 Å². The Hall–Kier alpha value is -4.67. The van der Waals surface area contributed by atoms with Crippen LogP contribution in [0.25, 0.3) is 0 Å². The summed E-state index contributed by atoms with van der Waals surface area (Å²) in [5, 5.41) is 11.5. The van der Waals surface area contributed by atoms with Crippen LogP contribution >= 0.6 is 0 Å². The lowest BCUT2D eigenvalue weighted by atomic mass is 10.2. The van der Waals surface area contributed by atoms with Crippen molar-refractivity contribution < 1.29 is 23.9 Å². The number of esters is 1. The van der Waals surface area contributed by atoms with E-state index >= 15 is 0 Å². The molecule has 2 aromatic carbocycles. The van der Waals surface area contributed by atoms with Crippen molar-refractivity contribution >= 4 is 52.5 Å². The number of hydrogen-bond acceptors (Lipinski definition) is 9. The molecule has 0 aliphatic carbocycles. The lowest BCUT2D eigenvalue weighted by Crippen LogP contribution is -2.27. The molecular weight excluding hydrogens is 476 g/mol. The average molecular weight is 507 g/mol. The Balaban J connectivity index is 1.81. The molecule has 194 valence electrons. The summed E-state index contributed by atoms with van der Waals surface area (Å²) in [5.74, 6) is -0.320. The first-order valence-electron chi connectivity index (χ1n) is 11.6. The van der Waals surface area contributed by atoms with E-state index in [0.29, 0.717) is 22.7 Å². The number of nitrogens with zero attached hydrogens (tertiary/aromatic N) is 2. The minimum atomic E-state index is -0.612. The van der Waals surface area contributed by atoms with Crippen molar-refractivity contribution in [1.29, 1.82) is 0 Å². The predicted molar refractivity (Wildman–Crippen MR) is 142 cm³/mol. The van der Waals surface area contributed by atoms with Gasteiger partial charge in [0.1, 0.15) is 11.2 Å². The number of anilines is 6. The van der Waals surface area contributed by atoms with Crippen LogP contribution in [0.2, 0.25) is 0 Å². The number of carbonyl (C=O) groups is 3. The van der Waals surface area contributed by atoms with Crippen molar-refractivity contribution in [2.45, 2.75) is 40.2 Å². The Bertz CT molecular complexity index is 1270. The molecule has 0 fully saturated rings. The number of rotatable bonds is 8. The van der Waals surface area contributed by atoms with Crippen molar-refractivity contribution in [1.82, 2.24) is 9.97 Å². The van der Waals surface area contributed by atoms with Crippen LogP contribution < -0.4 is 21.3 Å². The summed E-state index contributed by atoms with van der Waals surface area (Å²) in [6, 6.07) is 13.8. The molecule has 0 radical (unpaired) electrons. The summed E-state index contributed by atoms with van der Waals surface area (Å²) in [6.07, 6.45) is 0.804. The van der Waals surface area contributed by atoms with Gasteiger partial charge in [0.05, 0.1) is 6.61 Å². The van der Waals surface area contributed by atoms with Gasteiger partial charge in [-0.2, -0.15) is 4.98 Å². The monoisotopic (exact) mass is 506 g/mol. The first-order valence-corrected chi connectivity index (χ1v) is 11.6. The Morgan fingerprint density at radius 1 is 0.892 bits per heavy atom. The summed E-state index contributed by atoms with van der Waals surface area (Å²) in [5.41, 5.74) is 1.93. The molecule has 0 atom stereocenters. The quantitative estimate of drug-likeness (QED) is 0.293. The van der Waals surface area contributed by atoms with E-state index in [1.165, 1.54) is 13.1 Å². The lowest BCUT2D eigenvalue weighted by molar-refractivity contribution is -0.114. The maximum atomic E-state index is 12.5. The molecule has 3 rings (SSSR count). The molecule has 4 N–H and O–H groups in total. The van der Waals surface area contributed by atoms with Gasteiger partial charge in [-0.3, -0.25) is 10.1 Å². The number of benzene rings is 2. The van der Waals surface area contributed by atoms with Crippen LogP contribution in [0.5, 0.6) is 0 Å². The van der Waals surface area contributed by atoms with Crippen LogP contribution in [0.15, 0.2) is 54.7 Å². The Morgan fingerprint density at radius 3 is 2.22 bits per heavy atom. The fourth-order valence-electron chi connectivity index (χ4n) is 3.10. The van der Waals surface area contributed by atoms with Gasteiger partial charge in [0, 0.05) is 35.9 Å². The van der Waals surface area contributed by atoms with Crippen LogP contribution in [0.4, 0.5) is 39.3 Å². The molecule has 11 heteroatoms. The molecule has 3 aromatic rings. The molecule has 37 heavy (non-hydrogen) atoms. The number of hydrogen-bond donors (Lipinski definition) is 4. The Kier molecular flexibility index (Phi) is 8.62. The molecule has 1 aromatic heterocycles. The van der Waals surface area contributed by atoms with Crippen LogP contribution in [0.3, 0.4) is 0 Å². The van der Waals surface area contributed by atoms with Crippen molar-refractivity contribution in [3.63, 3.8) is 0 Å². The maximum absolute atomic E-state index is 12.5. The van der Waals surface area contributed by atoms with Gasteiger partial charge in [0.15, 0.2) is 5.82 Å². The van der Waals surface area contributed by atoms with Gasteiger partial charge in [-0.1, -0.05) is 6.07 Å². The fourth-order valence-corrected chi connectivity index (χ4v) is 3.10. The molecule has 0 aliphatic heterocycles. The largest absolute Gasteiger partial charge is 0.462 e. The zero-order chi connectivity index (χ0) is 27.0. The number of ether oxygens (including phenoxy) is 2. The fraction of sp³-hybridized carbons (Fsp3) is 0.269. The van der Waals surface area contributed by atoms with Gasteiger partial charge in [-0.05, 0) is 70.2 Å². The zero-order valence-corrected chi connectivity index (χ0v) is 21.3. The minimum Gasteiger partial charge on any atom is -0.462 e. The molecule has 1 heterocycles. The van der Waals surface area contributed by atoms with Crippen LogP contribution in [0.1, 0.15) is 45.0 Å². The predicted octanol–water partition coefficient (Wildman–Crippen LogP) is 5.45. The Labute approximate surface area is 215 Å². The van der Waals surface area contributed by atoms with E-state index in [2.05, 4.69) is 31.2 Å². The normalized spacial score (nSPS) is 10.7. The van der Waals surface area contributed by atoms with Gasteiger partial charge in [-0.15, -0.1) is 0 Å². The summed E-state index contributed by atoms with van der Waals surface area (Å²) in [7, 11) is 0. The molecule has 0 spiro atoms. The SMILES string of the molecule is CCOC(=O)c1cnc(Nc2cccc(NC(C)=O)c2)nc1Nc1ccc(NC(=O)OC(C)(C)C)cc1. The second kappa shape index (κ2) is 11.8.